The maximum Gasteiger partial charge on any atom is 0.152 e. The van der Waals surface area contributed by atoms with E-state index in [2.05, 4.69) is 35.9 Å². The van der Waals surface area contributed by atoms with Gasteiger partial charge in [-0.05, 0) is 40.2 Å². The van der Waals surface area contributed by atoms with Gasteiger partial charge in [0.2, 0.25) is 0 Å². The lowest BCUT2D eigenvalue weighted by molar-refractivity contribution is 0.112. The van der Waals surface area contributed by atoms with Crippen LogP contribution < -0.4 is 0 Å². The summed E-state index contributed by atoms with van der Waals surface area (Å²) in [6.07, 6.45) is 7.82. The molecular formula is C15H11BrN4O. The lowest BCUT2D eigenvalue weighted by Gasteiger charge is -1.85. The predicted molar refractivity (Wildman–Crippen MR) is 85.3 cm³/mol. The van der Waals surface area contributed by atoms with Crippen LogP contribution in [-0.2, 0) is 0 Å². The molecule has 0 aliphatic heterocycles. The van der Waals surface area contributed by atoms with Crippen LogP contribution in [0.1, 0.15) is 10.4 Å². The van der Waals surface area contributed by atoms with Crippen molar-refractivity contribution in [2.24, 2.45) is 0 Å². The Morgan fingerprint density at radius 2 is 1.57 bits per heavy atom. The zero-order valence-electron chi connectivity index (χ0n) is 10.9. The van der Waals surface area contributed by atoms with Crippen LogP contribution in [0, 0.1) is 0 Å². The molecule has 0 aromatic carbocycles. The Bertz CT molecular complexity index is 897. The normalized spacial score (nSPS) is 10.3. The van der Waals surface area contributed by atoms with Crippen molar-refractivity contribution in [1.82, 2.24) is 19.9 Å². The Hall–Kier alpha value is -2.47. The van der Waals surface area contributed by atoms with Gasteiger partial charge in [0.15, 0.2) is 6.29 Å². The molecular weight excluding hydrogens is 332 g/mol. The first-order valence-corrected chi connectivity index (χ1v) is 7.04. The molecule has 104 valence electrons. The van der Waals surface area contributed by atoms with Crippen molar-refractivity contribution in [3.8, 4) is 0 Å². The first-order chi connectivity index (χ1) is 10.3. The molecule has 4 aromatic rings. The molecule has 0 saturated carbocycles. The minimum Gasteiger partial charge on any atom is -0.345 e. The van der Waals surface area contributed by atoms with E-state index in [1.165, 1.54) is 0 Å². The smallest absolute Gasteiger partial charge is 0.152 e. The van der Waals surface area contributed by atoms with Crippen LogP contribution in [0.2, 0.25) is 0 Å². The Balaban J connectivity index is 0.000000126. The van der Waals surface area contributed by atoms with Gasteiger partial charge >= 0.3 is 0 Å². The van der Waals surface area contributed by atoms with Crippen molar-refractivity contribution < 1.29 is 4.79 Å². The molecule has 2 N–H and O–H groups in total. The number of rotatable bonds is 1. The molecule has 21 heavy (non-hydrogen) atoms. The molecule has 6 heteroatoms. The second-order valence-corrected chi connectivity index (χ2v) is 5.15. The average molecular weight is 343 g/mol. The first-order valence-electron chi connectivity index (χ1n) is 6.24. The third-order valence-electron chi connectivity index (χ3n) is 3.01. The number of aromatic amines is 2. The molecule has 0 saturated heterocycles. The number of aldehydes is 1. The Labute approximate surface area is 128 Å². The number of hydrogen-bond acceptors (Lipinski definition) is 3. The van der Waals surface area contributed by atoms with E-state index >= 15 is 0 Å². The van der Waals surface area contributed by atoms with Gasteiger partial charge < -0.3 is 9.97 Å². The molecule has 0 unspecified atom stereocenters. The molecule has 0 bridgehead atoms. The molecule has 4 heterocycles. The van der Waals surface area contributed by atoms with Crippen LogP contribution >= 0.6 is 15.9 Å². The van der Waals surface area contributed by atoms with E-state index in [1.54, 1.807) is 18.6 Å². The monoisotopic (exact) mass is 342 g/mol. The molecule has 0 aliphatic carbocycles. The summed E-state index contributed by atoms with van der Waals surface area (Å²) in [5, 5.41) is 2.00. The quantitative estimate of drug-likeness (QED) is 0.518. The molecule has 0 spiro atoms. The van der Waals surface area contributed by atoms with Gasteiger partial charge in [-0.3, -0.25) is 4.79 Å². The van der Waals surface area contributed by atoms with Crippen molar-refractivity contribution in [2.45, 2.75) is 0 Å². The summed E-state index contributed by atoms with van der Waals surface area (Å²) in [5.74, 6) is 0. The van der Waals surface area contributed by atoms with Crippen LogP contribution in [0.4, 0.5) is 0 Å². The van der Waals surface area contributed by atoms with E-state index in [4.69, 9.17) is 0 Å². The van der Waals surface area contributed by atoms with Gasteiger partial charge in [0.1, 0.15) is 11.3 Å². The number of carbonyl (C=O) groups is 1. The molecule has 0 amide bonds. The third kappa shape index (κ3) is 2.71. The van der Waals surface area contributed by atoms with Gasteiger partial charge in [-0.25, -0.2) is 9.97 Å². The van der Waals surface area contributed by atoms with Crippen LogP contribution in [-0.4, -0.2) is 26.2 Å². The van der Waals surface area contributed by atoms with Crippen molar-refractivity contribution in [3.63, 3.8) is 0 Å². The Kier molecular flexibility index (Phi) is 3.79. The molecule has 4 rings (SSSR count). The van der Waals surface area contributed by atoms with Crippen LogP contribution in [0.15, 0.2) is 53.5 Å². The van der Waals surface area contributed by atoms with Crippen LogP contribution in [0.5, 0.6) is 0 Å². The zero-order valence-corrected chi connectivity index (χ0v) is 12.5. The number of nitrogens with zero attached hydrogens (tertiary/aromatic N) is 2. The number of H-pyrrole nitrogens is 2. The summed E-state index contributed by atoms with van der Waals surface area (Å²) in [6.45, 7) is 0. The fourth-order valence-corrected chi connectivity index (χ4v) is 2.43. The number of fused-ring (bicyclic) bond motifs is 2. The van der Waals surface area contributed by atoms with Crippen LogP contribution in [0.25, 0.3) is 22.1 Å². The van der Waals surface area contributed by atoms with E-state index in [0.717, 1.165) is 32.8 Å². The SMILES string of the molecule is Brc1c[nH]c2ncccc12.O=Cc1c[nH]c2ncccc12. The second kappa shape index (κ2) is 5.88. The van der Waals surface area contributed by atoms with E-state index < -0.39 is 0 Å². The van der Waals surface area contributed by atoms with Crippen molar-refractivity contribution in [1.29, 1.82) is 0 Å². The highest BCUT2D eigenvalue weighted by molar-refractivity contribution is 9.10. The Morgan fingerprint density at radius 3 is 2.24 bits per heavy atom. The summed E-state index contributed by atoms with van der Waals surface area (Å²) in [5.41, 5.74) is 2.34. The molecule has 5 nitrogen and oxygen atoms in total. The highest BCUT2D eigenvalue weighted by Crippen LogP contribution is 2.20. The maximum atomic E-state index is 10.4. The first kappa shape index (κ1) is 13.5. The number of halogens is 1. The topological polar surface area (TPSA) is 74.4 Å². The molecule has 0 fully saturated rings. The second-order valence-electron chi connectivity index (χ2n) is 4.30. The third-order valence-corrected chi connectivity index (χ3v) is 3.67. The number of hydrogen-bond donors (Lipinski definition) is 2. The van der Waals surface area contributed by atoms with E-state index in [1.807, 2.05) is 30.5 Å². The molecule has 0 aliphatic rings. The van der Waals surface area contributed by atoms with Gasteiger partial charge in [0, 0.05) is 45.6 Å². The summed E-state index contributed by atoms with van der Waals surface area (Å²) in [7, 11) is 0. The minimum atomic E-state index is 0.660. The van der Waals surface area contributed by atoms with E-state index in [-0.39, 0.29) is 0 Å². The minimum absolute atomic E-state index is 0.660. The van der Waals surface area contributed by atoms with Crippen molar-refractivity contribution in [2.75, 3.05) is 0 Å². The average Bonchev–Trinajstić information content (AvgIpc) is 3.12. The maximum absolute atomic E-state index is 10.4. The number of nitrogens with one attached hydrogen (secondary N) is 2. The largest absolute Gasteiger partial charge is 0.345 e. The standard InChI is InChI=1S/C8H6N2O.C7H5BrN2/c11-5-6-4-10-8-7(6)2-1-3-9-8;8-6-4-10-7-5(6)2-1-3-9-7/h1-5H,(H,9,10);1-4H,(H,9,10). The lowest BCUT2D eigenvalue weighted by atomic mass is 10.2. The van der Waals surface area contributed by atoms with Crippen molar-refractivity contribution >= 4 is 44.3 Å². The van der Waals surface area contributed by atoms with Gasteiger partial charge in [0.25, 0.3) is 0 Å². The fourth-order valence-electron chi connectivity index (χ4n) is 2.00. The highest BCUT2D eigenvalue weighted by atomic mass is 79.9. The van der Waals surface area contributed by atoms with Gasteiger partial charge in [-0.15, -0.1) is 0 Å². The van der Waals surface area contributed by atoms with Gasteiger partial charge in [-0.2, -0.15) is 0 Å². The number of pyridine rings is 2. The lowest BCUT2D eigenvalue weighted by Crippen LogP contribution is -1.75. The van der Waals surface area contributed by atoms with Crippen molar-refractivity contribution in [3.05, 3.63) is 59.1 Å². The summed E-state index contributed by atoms with van der Waals surface area (Å²) < 4.78 is 1.07. The predicted octanol–water partition coefficient (Wildman–Crippen LogP) is 3.70. The summed E-state index contributed by atoms with van der Waals surface area (Å²) in [6, 6.07) is 7.61. The van der Waals surface area contributed by atoms with E-state index in [0.29, 0.717) is 5.56 Å². The summed E-state index contributed by atoms with van der Waals surface area (Å²) in [4.78, 5) is 24.5. The molecule has 0 atom stereocenters. The zero-order chi connectivity index (χ0) is 14.7. The highest BCUT2D eigenvalue weighted by Gasteiger charge is 2.00. The molecule has 0 radical (unpaired) electrons. The molecule has 4 aromatic heterocycles. The fraction of sp³-hybridized carbons (Fsp3) is 0. The van der Waals surface area contributed by atoms with Crippen LogP contribution in [0.3, 0.4) is 0 Å². The van der Waals surface area contributed by atoms with E-state index in [9.17, 15) is 4.79 Å². The van der Waals surface area contributed by atoms with Gasteiger partial charge in [0.05, 0.1) is 0 Å². The number of aromatic nitrogens is 4. The van der Waals surface area contributed by atoms with Gasteiger partial charge in [-0.1, -0.05) is 0 Å². The summed E-state index contributed by atoms with van der Waals surface area (Å²) >= 11 is 3.40. The number of carbonyl (C=O) groups excluding carboxylic acids is 1. The Morgan fingerprint density at radius 1 is 0.952 bits per heavy atom.